The molecule has 0 aromatic carbocycles. The summed E-state index contributed by atoms with van der Waals surface area (Å²) < 4.78 is 5.21. The first-order valence-corrected chi connectivity index (χ1v) is 6.16. The van der Waals surface area contributed by atoms with Gasteiger partial charge in [-0.25, -0.2) is 4.79 Å². The predicted octanol–water partition coefficient (Wildman–Crippen LogP) is 0.918. The zero-order chi connectivity index (χ0) is 13.8. The van der Waals surface area contributed by atoms with Crippen molar-refractivity contribution >= 4 is 12.0 Å². The van der Waals surface area contributed by atoms with Crippen LogP contribution in [-0.2, 0) is 9.53 Å². The lowest BCUT2D eigenvalue weighted by molar-refractivity contribution is -0.143. The number of hydrogen-bond acceptors (Lipinski definition) is 3. The number of nitrogens with zero attached hydrogens (tertiary/aromatic N) is 1. The molecule has 6 nitrogen and oxygen atoms in total. The average Bonchev–Trinajstić information content (AvgIpc) is 2.36. The van der Waals surface area contributed by atoms with E-state index in [0.717, 1.165) is 0 Å². The number of amides is 2. The summed E-state index contributed by atoms with van der Waals surface area (Å²) in [4.78, 5) is 24.3. The number of methoxy groups -OCH3 is 1. The topological polar surface area (TPSA) is 78.9 Å². The van der Waals surface area contributed by atoms with E-state index in [1.807, 2.05) is 13.8 Å². The van der Waals surface area contributed by atoms with Gasteiger partial charge in [-0.3, -0.25) is 4.79 Å². The summed E-state index contributed by atoms with van der Waals surface area (Å²) in [5.74, 6) is -1.08. The van der Waals surface area contributed by atoms with Crippen molar-refractivity contribution in [3.8, 4) is 0 Å². The minimum absolute atomic E-state index is 0.149. The third-order valence-electron chi connectivity index (χ3n) is 3.35. The molecule has 1 aliphatic heterocycles. The molecule has 0 radical (unpaired) electrons. The lowest BCUT2D eigenvalue weighted by Gasteiger charge is -2.31. The summed E-state index contributed by atoms with van der Waals surface area (Å²) in [6, 6.07) is -0.149. The molecule has 0 unspecified atom stereocenters. The van der Waals surface area contributed by atoms with Crippen LogP contribution in [0, 0.1) is 5.92 Å². The fourth-order valence-corrected chi connectivity index (χ4v) is 1.80. The smallest absolute Gasteiger partial charge is 0.317 e. The maximum atomic E-state index is 11.8. The molecule has 0 atom stereocenters. The van der Waals surface area contributed by atoms with Crippen LogP contribution in [0.5, 0.6) is 0 Å². The molecule has 6 heteroatoms. The van der Waals surface area contributed by atoms with E-state index in [-0.39, 0.29) is 11.9 Å². The van der Waals surface area contributed by atoms with Gasteiger partial charge >= 0.3 is 12.0 Å². The third kappa shape index (κ3) is 4.18. The van der Waals surface area contributed by atoms with Crippen LogP contribution in [-0.4, -0.2) is 54.4 Å². The molecule has 1 fully saturated rings. The minimum Gasteiger partial charge on any atom is -0.481 e. The number of likely N-dealkylation sites (tertiary alicyclic amines) is 1. The van der Waals surface area contributed by atoms with E-state index in [2.05, 4.69) is 5.32 Å². The van der Waals surface area contributed by atoms with Crippen molar-refractivity contribution in [2.75, 3.05) is 26.7 Å². The first-order chi connectivity index (χ1) is 8.35. The average molecular weight is 258 g/mol. The molecule has 104 valence electrons. The number of hydrogen-bond donors (Lipinski definition) is 2. The molecule has 0 spiro atoms. The third-order valence-corrected chi connectivity index (χ3v) is 3.35. The highest BCUT2D eigenvalue weighted by Gasteiger charge is 2.27. The normalized spacial score (nSPS) is 17.6. The van der Waals surface area contributed by atoms with Crippen LogP contribution < -0.4 is 5.32 Å². The van der Waals surface area contributed by atoms with Crippen LogP contribution in [0.2, 0.25) is 0 Å². The Kier molecular flexibility index (Phi) is 4.95. The van der Waals surface area contributed by atoms with Crippen molar-refractivity contribution in [1.82, 2.24) is 10.2 Å². The summed E-state index contributed by atoms with van der Waals surface area (Å²) in [6.45, 7) is 5.21. The lowest BCUT2D eigenvalue weighted by Crippen LogP contribution is -2.49. The second-order valence-electron chi connectivity index (χ2n) is 5.22. The number of carboxylic acid groups (broad SMARTS) is 1. The second kappa shape index (κ2) is 6.04. The van der Waals surface area contributed by atoms with Gasteiger partial charge in [0.2, 0.25) is 0 Å². The largest absolute Gasteiger partial charge is 0.481 e. The Balaban J connectivity index is 2.34. The predicted molar refractivity (Wildman–Crippen MR) is 66.4 cm³/mol. The van der Waals surface area contributed by atoms with Gasteiger partial charge in [0.15, 0.2) is 0 Å². The van der Waals surface area contributed by atoms with E-state index in [1.165, 1.54) is 0 Å². The van der Waals surface area contributed by atoms with Gasteiger partial charge in [0, 0.05) is 26.7 Å². The number of ether oxygens (including phenoxy) is 1. The lowest BCUT2D eigenvalue weighted by atomic mass is 9.97. The highest BCUT2D eigenvalue weighted by Crippen LogP contribution is 2.17. The summed E-state index contributed by atoms with van der Waals surface area (Å²) in [6.07, 6.45) is 1.05. The van der Waals surface area contributed by atoms with Crippen LogP contribution >= 0.6 is 0 Å². The fourth-order valence-electron chi connectivity index (χ4n) is 1.80. The van der Waals surface area contributed by atoms with Crippen LogP contribution in [0.15, 0.2) is 0 Å². The van der Waals surface area contributed by atoms with Gasteiger partial charge in [-0.2, -0.15) is 0 Å². The molecule has 0 bridgehead atoms. The Labute approximate surface area is 107 Å². The summed E-state index contributed by atoms with van der Waals surface area (Å²) >= 11 is 0. The SMILES string of the molecule is COC(C)(C)CNC(=O)N1CCC(C(=O)O)CC1. The number of urea groups is 1. The molecule has 1 heterocycles. The van der Waals surface area contributed by atoms with E-state index in [4.69, 9.17) is 9.84 Å². The van der Waals surface area contributed by atoms with Gasteiger partial charge in [0.1, 0.15) is 0 Å². The van der Waals surface area contributed by atoms with Gasteiger partial charge in [-0.15, -0.1) is 0 Å². The Morgan fingerprint density at radius 3 is 2.39 bits per heavy atom. The number of nitrogens with one attached hydrogen (secondary N) is 1. The molecule has 0 aromatic rings. The Bertz CT molecular complexity index is 309. The Morgan fingerprint density at radius 1 is 1.39 bits per heavy atom. The standard InChI is InChI=1S/C12H22N2O4/c1-12(2,18-3)8-13-11(17)14-6-4-9(5-7-14)10(15)16/h9H,4-8H2,1-3H3,(H,13,17)(H,15,16). The highest BCUT2D eigenvalue weighted by molar-refractivity contribution is 5.75. The monoisotopic (exact) mass is 258 g/mol. The first kappa shape index (κ1) is 14.8. The molecule has 0 saturated carbocycles. The van der Waals surface area contributed by atoms with Crippen LogP contribution in [0.3, 0.4) is 0 Å². The molecule has 1 rings (SSSR count). The van der Waals surface area contributed by atoms with E-state index < -0.39 is 11.6 Å². The number of aliphatic carboxylic acids is 1. The summed E-state index contributed by atoms with van der Waals surface area (Å²) in [5.41, 5.74) is -0.394. The van der Waals surface area contributed by atoms with Gasteiger partial charge in [-0.1, -0.05) is 0 Å². The molecule has 0 aliphatic carbocycles. The van der Waals surface area contributed by atoms with Crippen LogP contribution in [0.25, 0.3) is 0 Å². The quantitative estimate of drug-likeness (QED) is 0.786. The molecule has 0 aromatic heterocycles. The summed E-state index contributed by atoms with van der Waals surface area (Å²) in [5, 5.41) is 11.7. The molecule has 1 saturated heterocycles. The van der Waals surface area contributed by atoms with Gasteiger partial charge in [0.05, 0.1) is 11.5 Å². The maximum absolute atomic E-state index is 11.8. The zero-order valence-electron chi connectivity index (χ0n) is 11.2. The summed E-state index contributed by atoms with van der Waals surface area (Å²) in [7, 11) is 1.60. The van der Waals surface area contributed by atoms with E-state index >= 15 is 0 Å². The molecule has 2 amide bonds. The van der Waals surface area contributed by atoms with E-state index in [9.17, 15) is 9.59 Å². The van der Waals surface area contributed by atoms with Gasteiger partial charge in [0.25, 0.3) is 0 Å². The second-order valence-corrected chi connectivity index (χ2v) is 5.22. The minimum atomic E-state index is -0.768. The highest BCUT2D eigenvalue weighted by atomic mass is 16.5. The number of rotatable bonds is 4. The van der Waals surface area contributed by atoms with Gasteiger partial charge < -0.3 is 20.1 Å². The van der Waals surface area contributed by atoms with E-state index in [0.29, 0.717) is 32.5 Å². The van der Waals surface area contributed by atoms with Gasteiger partial charge in [-0.05, 0) is 26.7 Å². The van der Waals surface area contributed by atoms with Crippen LogP contribution in [0.1, 0.15) is 26.7 Å². The zero-order valence-corrected chi connectivity index (χ0v) is 11.2. The first-order valence-electron chi connectivity index (χ1n) is 6.16. The Morgan fingerprint density at radius 2 is 1.94 bits per heavy atom. The molecule has 18 heavy (non-hydrogen) atoms. The Hall–Kier alpha value is -1.30. The van der Waals surface area contributed by atoms with Crippen molar-refractivity contribution in [3.05, 3.63) is 0 Å². The molecule has 1 aliphatic rings. The molecular weight excluding hydrogens is 236 g/mol. The molecule has 2 N–H and O–H groups in total. The van der Waals surface area contributed by atoms with Crippen molar-refractivity contribution in [2.24, 2.45) is 5.92 Å². The van der Waals surface area contributed by atoms with Crippen molar-refractivity contribution in [2.45, 2.75) is 32.3 Å². The van der Waals surface area contributed by atoms with E-state index in [1.54, 1.807) is 12.0 Å². The van der Waals surface area contributed by atoms with Crippen LogP contribution in [0.4, 0.5) is 4.79 Å². The van der Waals surface area contributed by atoms with Crippen molar-refractivity contribution in [3.63, 3.8) is 0 Å². The van der Waals surface area contributed by atoms with Crippen molar-refractivity contribution < 1.29 is 19.4 Å². The van der Waals surface area contributed by atoms with Crippen molar-refractivity contribution in [1.29, 1.82) is 0 Å². The maximum Gasteiger partial charge on any atom is 0.317 e. The number of carbonyl (C=O) groups is 2. The molecular formula is C12H22N2O4. The fraction of sp³-hybridized carbons (Fsp3) is 0.833. The number of carbonyl (C=O) groups excluding carboxylic acids is 1. The number of carboxylic acids is 1. The number of piperidine rings is 1.